The fourth-order valence-electron chi connectivity index (χ4n) is 4.01. The first kappa shape index (κ1) is 20.0. The zero-order chi connectivity index (χ0) is 22.5. The van der Waals surface area contributed by atoms with E-state index in [1.807, 2.05) is 6.07 Å². The Hall–Kier alpha value is -3.88. The number of aryl methyl sites for hydroxylation is 1. The minimum Gasteiger partial charge on any atom is -0.355 e. The normalized spacial score (nSPS) is 12.9. The average molecular weight is 439 g/mol. The summed E-state index contributed by atoms with van der Waals surface area (Å²) in [6, 6.07) is 13.3. The van der Waals surface area contributed by atoms with Crippen molar-refractivity contribution in [2.24, 2.45) is 0 Å². The van der Waals surface area contributed by atoms with Gasteiger partial charge in [-0.25, -0.2) is 0 Å². The van der Waals surface area contributed by atoms with Crippen molar-refractivity contribution in [1.82, 2.24) is 10.3 Å². The zero-order valence-corrected chi connectivity index (χ0v) is 16.8. The molecule has 0 atom stereocenters. The Kier molecular flexibility index (Phi) is 4.61. The summed E-state index contributed by atoms with van der Waals surface area (Å²) in [7, 11) is 0. The molecule has 0 bridgehead atoms. The summed E-state index contributed by atoms with van der Waals surface area (Å²) in [4.78, 5) is 11.3. The molecule has 6 nitrogen and oxygen atoms in total. The van der Waals surface area contributed by atoms with Crippen LogP contribution in [-0.4, -0.2) is 16.2 Å². The highest BCUT2D eigenvalue weighted by molar-refractivity contribution is 5.89. The molecule has 162 valence electrons. The van der Waals surface area contributed by atoms with Crippen molar-refractivity contribution in [1.29, 1.82) is 0 Å². The Morgan fingerprint density at radius 3 is 2.41 bits per heavy atom. The predicted octanol–water partition coefficient (Wildman–Crippen LogP) is 5.74. The van der Waals surface area contributed by atoms with Gasteiger partial charge in [0.05, 0.1) is 0 Å². The van der Waals surface area contributed by atoms with Crippen LogP contribution in [0.5, 0.6) is 0 Å². The molecule has 0 saturated carbocycles. The van der Waals surface area contributed by atoms with Crippen molar-refractivity contribution in [3.63, 3.8) is 0 Å². The maximum Gasteiger partial charge on any atom is 0.422 e. The van der Waals surface area contributed by atoms with Crippen LogP contribution in [0.15, 0.2) is 57.6 Å². The molecule has 0 fully saturated rings. The van der Waals surface area contributed by atoms with E-state index >= 15 is 0 Å². The number of halogens is 3. The van der Waals surface area contributed by atoms with Crippen LogP contribution in [0.4, 0.5) is 18.9 Å². The summed E-state index contributed by atoms with van der Waals surface area (Å²) in [6.45, 7) is 1.42. The Bertz CT molecular complexity index is 1320. The minimum atomic E-state index is -4.71. The molecule has 1 aliphatic carbocycles. The predicted molar refractivity (Wildman–Crippen MR) is 110 cm³/mol. The number of carbonyl (C=O) groups is 1. The number of aromatic nitrogens is 2. The summed E-state index contributed by atoms with van der Waals surface area (Å²) in [6.07, 6.45) is -3.75. The van der Waals surface area contributed by atoms with E-state index in [0.717, 1.165) is 11.1 Å². The van der Waals surface area contributed by atoms with Gasteiger partial charge in [0.25, 0.3) is 0 Å². The summed E-state index contributed by atoms with van der Waals surface area (Å²) in [5.41, 5.74) is 2.18. The lowest BCUT2D eigenvalue weighted by molar-refractivity contribution is -0.136. The number of nitrogens with one attached hydrogen (secondary N) is 1. The number of hydrogen-bond acceptors (Lipinski definition) is 5. The molecule has 2 aromatic heterocycles. The van der Waals surface area contributed by atoms with Gasteiger partial charge in [0, 0.05) is 29.3 Å². The Morgan fingerprint density at radius 2 is 1.69 bits per heavy atom. The van der Waals surface area contributed by atoms with E-state index in [9.17, 15) is 18.0 Å². The highest BCUT2D eigenvalue weighted by Gasteiger charge is 2.43. The third kappa shape index (κ3) is 3.35. The second-order valence-corrected chi connectivity index (χ2v) is 7.49. The zero-order valence-electron chi connectivity index (χ0n) is 16.8. The molecule has 0 unspecified atom stereocenters. The van der Waals surface area contributed by atoms with Crippen LogP contribution in [0.1, 0.15) is 23.6 Å². The van der Waals surface area contributed by atoms with E-state index < -0.39 is 17.4 Å². The lowest BCUT2D eigenvalue weighted by Crippen LogP contribution is -2.09. The summed E-state index contributed by atoms with van der Waals surface area (Å²) >= 11 is 0. The van der Waals surface area contributed by atoms with Crippen LogP contribution in [0.25, 0.3) is 34.0 Å². The lowest BCUT2D eigenvalue weighted by atomic mass is 9.88. The first-order valence-electron chi connectivity index (χ1n) is 9.85. The number of alkyl halides is 3. The van der Waals surface area contributed by atoms with Crippen LogP contribution >= 0.6 is 0 Å². The second kappa shape index (κ2) is 7.37. The number of rotatable bonds is 3. The van der Waals surface area contributed by atoms with Gasteiger partial charge in [-0.1, -0.05) is 46.7 Å². The highest BCUT2D eigenvalue weighted by atomic mass is 19.4. The van der Waals surface area contributed by atoms with Gasteiger partial charge in [-0.15, -0.1) is 0 Å². The topological polar surface area (TPSA) is 81.2 Å². The molecule has 5 rings (SSSR count). The molecule has 2 aromatic carbocycles. The fourth-order valence-corrected chi connectivity index (χ4v) is 4.01. The number of carbonyl (C=O) groups excluding carboxylic acids is 1. The van der Waals surface area contributed by atoms with E-state index in [1.165, 1.54) is 19.1 Å². The van der Waals surface area contributed by atoms with Crippen LogP contribution in [0.2, 0.25) is 0 Å². The van der Waals surface area contributed by atoms with Crippen molar-refractivity contribution in [3.05, 3.63) is 65.2 Å². The highest BCUT2D eigenvalue weighted by Crippen LogP contribution is 2.46. The van der Waals surface area contributed by atoms with Crippen LogP contribution < -0.4 is 5.32 Å². The van der Waals surface area contributed by atoms with Gasteiger partial charge in [-0.2, -0.15) is 13.2 Å². The number of hydrogen-bond donors (Lipinski definition) is 1. The van der Waals surface area contributed by atoms with Gasteiger partial charge in [-0.05, 0) is 30.5 Å². The molecule has 1 N–H and O–H groups in total. The summed E-state index contributed by atoms with van der Waals surface area (Å²) < 4.78 is 52.7. The number of benzene rings is 2. The standard InChI is InChI=1S/C23H16F3N3O3/c1-12(30)27-15-8-10-16-14(11-15)7-9-17-19(16)28-32-22(17)20-18(23(24,25)26)21(31-29-20)13-5-3-2-4-6-13/h2-6,8,10-11H,7,9H2,1H3,(H,27,30). The quantitative estimate of drug-likeness (QED) is 0.440. The Balaban J connectivity index is 1.62. The van der Waals surface area contributed by atoms with Gasteiger partial charge >= 0.3 is 6.18 Å². The molecule has 0 aliphatic heterocycles. The van der Waals surface area contributed by atoms with Gasteiger partial charge < -0.3 is 14.4 Å². The molecular formula is C23H16F3N3O3. The number of anilines is 1. The van der Waals surface area contributed by atoms with Crippen LogP contribution in [0.3, 0.4) is 0 Å². The smallest absolute Gasteiger partial charge is 0.355 e. The van der Waals surface area contributed by atoms with Crippen molar-refractivity contribution >= 4 is 11.6 Å². The third-order valence-corrected chi connectivity index (χ3v) is 5.34. The van der Waals surface area contributed by atoms with E-state index in [4.69, 9.17) is 9.05 Å². The van der Waals surface area contributed by atoms with Crippen LogP contribution in [0, 0.1) is 0 Å². The number of fused-ring (bicyclic) bond motifs is 3. The van der Waals surface area contributed by atoms with Crippen molar-refractivity contribution in [3.8, 4) is 34.0 Å². The monoisotopic (exact) mass is 439 g/mol. The molecule has 4 aromatic rings. The molecule has 2 heterocycles. The molecule has 32 heavy (non-hydrogen) atoms. The largest absolute Gasteiger partial charge is 0.422 e. The summed E-state index contributed by atoms with van der Waals surface area (Å²) in [5.74, 6) is -0.602. The van der Waals surface area contributed by atoms with Gasteiger partial charge in [0.1, 0.15) is 11.3 Å². The van der Waals surface area contributed by atoms with E-state index in [0.29, 0.717) is 29.8 Å². The van der Waals surface area contributed by atoms with E-state index in [-0.39, 0.29) is 23.0 Å². The van der Waals surface area contributed by atoms with Gasteiger partial charge in [0.15, 0.2) is 17.2 Å². The molecule has 1 amide bonds. The first-order chi connectivity index (χ1) is 15.3. The molecule has 0 spiro atoms. The van der Waals surface area contributed by atoms with Crippen LogP contribution in [-0.2, 0) is 23.8 Å². The van der Waals surface area contributed by atoms with Gasteiger partial charge in [0.2, 0.25) is 5.91 Å². The molecule has 9 heteroatoms. The summed E-state index contributed by atoms with van der Waals surface area (Å²) in [5, 5.41) is 10.5. The van der Waals surface area contributed by atoms with Crippen molar-refractivity contribution < 1.29 is 27.0 Å². The SMILES string of the molecule is CC(=O)Nc1ccc2c(c1)CCc1c-2noc1-c1noc(-c2ccccc2)c1C(F)(F)F. The third-order valence-electron chi connectivity index (χ3n) is 5.34. The Morgan fingerprint density at radius 1 is 0.969 bits per heavy atom. The minimum absolute atomic E-state index is 0.0464. The van der Waals surface area contributed by atoms with Gasteiger partial charge in [-0.3, -0.25) is 4.79 Å². The van der Waals surface area contributed by atoms with E-state index in [1.54, 1.807) is 30.3 Å². The fraction of sp³-hybridized carbons (Fsp3) is 0.174. The molecular weight excluding hydrogens is 423 g/mol. The average Bonchev–Trinajstić information content (AvgIpc) is 3.38. The maximum absolute atomic E-state index is 14.0. The maximum atomic E-state index is 14.0. The van der Waals surface area contributed by atoms with E-state index in [2.05, 4.69) is 15.6 Å². The molecule has 0 radical (unpaired) electrons. The number of amides is 1. The molecule has 1 aliphatic rings. The second-order valence-electron chi connectivity index (χ2n) is 7.49. The molecule has 0 saturated heterocycles. The van der Waals surface area contributed by atoms with Crippen molar-refractivity contribution in [2.75, 3.05) is 5.32 Å². The number of nitrogens with zero attached hydrogens (tertiary/aromatic N) is 2. The lowest BCUT2D eigenvalue weighted by Gasteiger charge is -2.16. The Labute approximate surface area is 180 Å². The van der Waals surface area contributed by atoms with Crippen molar-refractivity contribution in [2.45, 2.75) is 25.9 Å². The first-order valence-corrected chi connectivity index (χ1v) is 9.85.